The first-order valence-corrected chi connectivity index (χ1v) is 8.62. The third kappa shape index (κ3) is 3.99. The van der Waals surface area contributed by atoms with Crippen LogP contribution in [0.2, 0.25) is 14.4 Å². The van der Waals surface area contributed by atoms with Crippen molar-refractivity contribution in [2.45, 2.75) is 0 Å². The lowest BCUT2D eigenvalue weighted by atomic mass is 10.3. The summed E-state index contributed by atoms with van der Waals surface area (Å²) in [6, 6.07) is 11.8. The third-order valence-corrected chi connectivity index (χ3v) is 4.62. The number of nitrogens with one attached hydrogen (secondary N) is 1. The van der Waals surface area contributed by atoms with Gasteiger partial charge in [0, 0.05) is 6.20 Å². The molecule has 1 amide bonds. The number of carbonyl (C=O) groups excluding carboxylic acids is 1. The van der Waals surface area contributed by atoms with E-state index in [1.807, 2.05) is 0 Å². The van der Waals surface area contributed by atoms with Gasteiger partial charge in [0.2, 0.25) is 5.88 Å². The van der Waals surface area contributed by atoms with Crippen LogP contribution >= 0.6 is 46.1 Å². The molecule has 0 fully saturated rings. The van der Waals surface area contributed by atoms with Gasteiger partial charge in [0.05, 0.1) is 19.9 Å². The van der Waals surface area contributed by atoms with Gasteiger partial charge in [0.25, 0.3) is 5.91 Å². The number of nitrogens with zero attached hydrogens (tertiary/aromatic N) is 1. The quantitative estimate of drug-likeness (QED) is 0.572. The van der Waals surface area contributed by atoms with Crippen molar-refractivity contribution >= 4 is 57.7 Å². The van der Waals surface area contributed by atoms with Crippen LogP contribution in [-0.4, -0.2) is 10.9 Å². The lowest BCUT2D eigenvalue weighted by Crippen LogP contribution is -2.10. The largest absolute Gasteiger partial charge is 0.435 e. The monoisotopic (exact) mass is 398 g/mol. The molecule has 0 aliphatic rings. The standard InChI is InChI=1S/C16H9Cl3N2O2S/c17-9-7-10(18)16(20-8-9)23-12-4-2-1-3-11(12)21-15(22)13-5-6-14(19)24-13/h1-8H,(H,21,22). The number of pyridine rings is 1. The van der Waals surface area contributed by atoms with Gasteiger partial charge in [-0.25, -0.2) is 4.98 Å². The maximum Gasteiger partial charge on any atom is 0.265 e. The number of hydrogen-bond donors (Lipinski definition) is 1. The predicted octanol–water partition coefficient (Wildman–Crippen LogP) is 6.15. The first kappa shape index (κ1) is 17.0. The maximum absolute atomic E-state index is 12.3. The van der Waals surface area contributed by atoms with Gasteiger partial charge in [0.15, 0.2) is 5.75 Å². The molecule has 0 bridgehead atoms. The van der Waals surface area contributed by atoms with Gasteiger partial charge in [-0.3, -0.25) is 4.79 Å². The number of carbonyl (C=O) groups is 1. The van der Waals surface area contributed by atoms with E-state index in [2.05, 4.69) is 10.3 Å². The third-order valence-electron chi connectivity index (χ3n) is 2.91. The number of rotatable bonds is 4. The smallest absolute Gasteiger partial charge is 0.265 e. The molecule has 2 heterocycles. The van der Waals surface area contributed by atoms with Crippen molar-refractivity contribution in [2.75, 3.05) is 5.32 Å². The molecule has 0 aliphatic carbocycles. The fourth-order valence-electron chi connectivity index (χ4n) is 1.86. The summed E-state index contributed by atoms with van der Waals surface area (Å²) in [5.74, 6) is 0.324. The van der Waals surface area contributed by atoms with E-state index in [1.54, 1.807) is 36.4 Å². The molecule has 0 saturated heterocycles. The van der Waals surface area contributed by atoms with Crippen molar-refractivity contribution in [3.05, 3.63) is 67.9 Å². The van der Waals surface area contributed by atoms with Crippen LogP contribution in [0.5, 0.6) is 11.6 Å². The number of amides is 1. The van der Waals surface area contributed by atoms with E-state index < -0.39 is 0 Å². The van der Waals surface area contributed by atoms with Crippen LogP contribution in [0.4, 0.5) is 5.69 Å². The van der Waals surface area contributed by atoms with Crippen LogP contribution < -0.4 is 10.1 Å². The zero-order valence-electron chi connectivity index (χ0n) is 11.9. The Kier molecular flexibility index (Phi) is 5.26. The molecule has 0 unspecified atom stereocenters. The van der Waals surface area contributed by atoms with Crippen molar-refractivity contribution in [2.24, 2.45) is 0 Å². The molecule has 24 heavy (non-hydrogen) atoms. The second-order valence-electron chi connectivity index (χ2n) is 4.60. The van der Waals surface area contributed by atoms with Crippen LogP contribution in [0.3, 0.4) is 0 Å². The molecular weight excluding hydrogens is 391 g/mol. The lowest BCUT2D eigenvalue weighted by molar-refractivity contribution is 0.103. The molecule has 0 spiro atoms. The molecule has 2 aromatic heterocycles. The summed E-state index contributed by atoms with van der Waals surface area (Å²) < 4.78 is 6.24. The minimum atomic E-state index is -0.280. The summed E-state index contributed by atoms with van der Waals surface area (Å²) >= 11 is 18.9. The number of benzene rings is 1. The van der Waals surface area contributed by atoms with Crippen LogP contribution in [0.1, 0.15) is 9.67 Å². The highest BCUT2D eigenvalue weighted by atomic mass is 35.5. The number of hydrogen-bond acceptors (Lipinski definition) is 4. The molecule has 1 N–H and O–H groups in total. The van der Waals surface area contributed by atoms with Gasteiger partial charge in [0.1, 0.15) is 5.02 Å². The first-order chi connectivity index (χ1) is 11.5. The van der Waals surface area contributed by atoms with E-state index in [4.69, 9.17) is 39.5 Å². The number of anilines is 1. The average molecular weight is 400 g/mol. The summed E-state index contributed by atoms with van der Waals surface area (Å²) in [4.78, 5) is 16.8. The molecule has 3 rings (SSSR count). The first-order valence-electron chi connectivity index (χ1n) is 6.67. The van der Waals surface area contributed by atoms with E-state index in [9.17, 15) is 4.79 Å². The van der Waals surface area contributed by atoms with Crippen LogP contribution in [0, 0.1) is 0 Å². The van der Waals surface area contributed by atoms with E-state index >= 15 is 0 Å². The summed E-state index contributed by atoms with van der Waals surface area (Å²) in [5, 5.41) is 3.46. The highest BCUT2D eigenvalue weighted by Gasteiger charge is 2.14. The van der Waals surface area contributed by atoms with Crippen molar-refractivity contribution in [1.82, 2.24) is 4.98 Å². The average Bonchev–Trinajstić information content (AvgIpc) is 2.98. The summed E-state index contributed by atoms with van der Waals surface area (Å²) in [5.41, 5.74) is 0.486. The van der Waals surface area contributed by atoms with Gasteiger partial charge < -0.3 is 10.1 Å². The second kappa shape index (κ2) is 7.40. The van der Waals surface area contributed by atoms with Crippen LogP contribution in [-0.2, 0) is 0 Å². The SMILES string of the molecule is O=C(Nc1ccccc1Oc1ncc(Cl)cc1Cl)c1ccc(Cl)s1. The molecule has 0 radical (unpaired) electrons. The fraction of sp³-hybridized carbons (Fsp3) is 0. The van der Waals surface area contributed by atoms with Crippen molar-refractivity contribution in [3.8, 4) is 11.6 Å². The van der Waals surface area contributed by atoms with Crippen molar-refractivity contribution in [1.29, 1.82) is 0 Å². The highest BCUT2D eigenvalue weighted by molar-refractivity contribution is 7.18. The second-order valence-corrected chi connectivity index (χ2v) is 7.16. The Morgan fingerprint density at radius 3 is 2.62 bits per heavy atom. The number of ether oxygens (including phenoxy) is 1. The van der Waals surface area contributed by atoms with Crippen LogP contribution in [0.15, 0.2) is 48.7 Å². The van der Waals surface area contributed by atoms with Gasteiger partial charge in [-0.15, -0.1) is 11.3 Å². The van der Waals surface area contributed by atoms with Gasteiger partial charge in [-0.05, 0) is 30.3 Å². The predicted molar refractivity (Wildman–Crippen MR) is 98.1 cm³/mol. The van der Waals surface area contributed by atoms with Gasteiger partial charge >= 0.3 is 0 Å². The van der Waals surface area contributed by atoms with Crippen molar-refractivity contribution < 1.29 is 9.53 Å². The zero-order valence-corrected chi connectivity index (χ0v) is 15.0. The number of thiophene rings is 1. The molecule has 0 atom stereocenters. The topological polar surface area (TPSA) is 51.2 Å². The molecular formula is C16H9Cl3N2O2S. The Morgan fingerprint density at radius 2 is 1.92 bits per heavy atom. The Morgan fingerprint density at radius 1 is 1.12 bits per heavy atom. The molecule has 1 aromatic carbocycles. The Bertz CT molecular complexity index is 899. The van der Waals surface area contributed by atoms with E-state index in [0.29, 0.717) is 25.7 Å². The molecule has 122 valence electrons. The van der Waals surface area contributed by atoms with Crippen molar-refractivity contribution in [3.63, 3.8) is 0 Å². The minimum absolute atomic E-state index is 0.196. The Balaban J connectivity index is 1.84. The Hall–Kier alpha value is -1.79. The minimum Gasteiger partial charge on any atom is -0.435 e. The number of aromatic nitrogens is 1. The fourth-order valence-corrected chi connectivity index (χ4v) is 3.22. The maximum atomic E-state index is 12.3. The molecule has 4 nitrogen and oxygen atoms in total. The molecule has 0 aliphatic heterocycles. The Labute approximate surface area is 157 Å². The van der Waals surface area contributed by atoms with Crippen LogP contribution in [0.25, 0.3) is 0 Å². The number of para-hydroxylation sites is 2. The molecule has 0 saturated carbocycles. The molecule has 3 aromatic rings. The highest BCUT2D eigenvalue weighted by Crippen LogP contribution is 2.33. The lowest BCUT2D eigenvalue weighted by Gasteiger charge is -2.12. The van der Waals surface area contributed by atoms with Gasteiger partial charge in [-0.2, -0.15) is 0 Å². The number of halogens is 3. The summed E-state index contributed by atoms with van der Waals surface area (Å²) in [6.07, 6.45) is 1.43. The summed E-state index contributed by atoms with van der Waals surface area (Å²) in [6.45, 7) is 0. The van der Waals surface area contributed by atoms with E-state index in [-0.39, 0.29) is 16.8 Å². The van der Waals surface area contributed by atoms with E-state index in [1.165, 1.54) is 23.6 Å². The molecule has 8 heteroatoms. The van der Waals surface area contributed by atoms with E-state index in [0.717, 1.165) is 0 Å². The zero-order chi connectivity index (χ0) is 17.1. The normalized spacial score (nSPS) is 10.5. The van der Waals surface area contributed by atoms with Gasteiger partial charge in [-0.1, -0.05) is 46.9 Å². The summed E-state index contributed by atoms with van der Waals surface area (Å²) in [7, 11) is 0.